The molecule has 0 saturated carbocycles. The Balaban J connectivity index is 1.59. The first-order chi connectivity index (χ1) is 13.7. The molecule has 4 rings (SSSR count). The van der Waals surface area contributed by atoms with E-state index in [9.17, 15) is 4.79 Å². The summed E-state index contributed by atoms with van der Waals surface area (Å²) in [4.78, 5) is 15.8. The standard InChI is InChI=1S/C20H21N7O/c1-2-3-12-27-18(21-20(28)24-27)13-14-8-10-15(11-9-14)16-6-4-5-7-17(16)19-22-25-26-23-19/h4-11H,2-3,12-13H2,1H3,(H,24,28)(H,22,23,25,26). The van der Waals surface area contributed by atoms with Crippen molar-refractivity contribution in [3.63, 3.8) is 0 Å². The molecule has 0 amide bonds. The lowest BCUT2D eigenvalue weighted by Gasteiger charge is -2.09. The lowest BCUT2D eigenvalue weighted by atomic mass is 9.98. The lowest BCUT2D eigenvalue weighted by molar-refractivity contribution is 0.547. The van der Waals surface area contributed by atoms with Gasteiger partial charge in [0.2, 0.25) is 5.82 Å². The van der Waals surface area contributed by atoms with Crippen molar-refractivity contribution in [3.8, 4) is 22.5 Å². The van der Waals surface area contributed by atoms with Crippen LogP contribution in [-0.2, 0) is 13.0 Å². The number of aromatic amines is 2. The predicted molar refractivity (Wildman–Crippen MR) is 106 cm³/mol. The highest BCUT2D eigenvalue weighted by Gasteiger charge is 2.11. The van der Waals surface area contributed by atoms with Crippen LogP contribution in [0.3, 0.4) is 0 Å². The fraction of sp³-hybridized carbons (Fsp3) is 0.250. The van der Waals surface area contributed by atoms with Gasteiger partial charge in [-0.05, 0) is 28.3 Å². The summed E-state index contributed by atoms with van der Waals surface area (Å²) >= 11 is 0. The fourth-order valence-corrected chi connectivity index (χ4v) is 3.21. The second-order valence-corrected chi connectivity index (χ2v) is 6.60. The Morgan fingerprint density at radius 3 is 2.54 bits per heavy atom. The molecular formula is C20H21N7O. The molecule has 2 heterocycles. The van der Waals surface area contributed by atoms with Crippen LogP contribution in [0.4, 0.5) is 0 Å². The molecule has 0 unspecified atom stereocenters. The molecule has 4 aromatic rings. The Bertz CT molecular complexity index is 1090. The third kappa shape index (κ3) is 3.75. The molecule has 2 aromatic heterocycles. The molecule has 0 aliphatic rings. The zero-order valence-electron chi connectivity index (χ0n) is 15.6. The molecule has 0 bridgehead atoms. The van der Waals surface area contributed by atoms with Gasteiger partial charge in [0.1, 0.15) is 5.82 Å². The normalized spacial score (nSPS) is 11.0. The maximum Gasteiger partial charge on any atom is 0.361 e. The van der Waals surface area contributed by atoms with Crippen LogP contribution in [0.1, 0.15) is 31.2 Å². The minimum atomic E-state index is -0.295. The second kappa shape index (κ2) is 7.99. The Morgan fingerprint density at radius 2 is 1.82 bits per heavy atom. The summed E-state index contributed by atoms with van der Waals surface area (Å²) in [5, 5.41) is 17.1. The number of tetrazole rings is 1. The molecule has 28 heavy (non-hydrogen) atoms. The first-order valence-electron chi connectivity index (χ1n) is 9.32. The van der Waals surface area contributed by atoms with Crippen molar-refractivity contribution in [3.05, 3.63) is 70.4 Å². The highest BCUT2D eigenvalue weighted by Crippen LogP contribution is 2.29. The maximum atomic E-state index is 11.6. The first kappa shape index (κ1) is 17.8. The van der Waals surface area contributed by atoms with Crippen molar-refractivity contribution >= 4 is 0 Å². The summed E-state index contributed by atoms with van der Waals surface area (Å²) in [5.74, 6) is 1.33. The minimum Gasteiger partial charge on any atom is -0.270 e. The minimum absolute atomic E-state index is 0.295. The number of H-pyrrole nitrogens is 2. The van der Waals surface area contributed by atoms with Gasteiger partial charge in [-0.3, -0.25) is 4.68 Å². The number of nitrogens with zero attached hydrogens (tertiary/aromatic N) is 5. The number of rotatable bonds is 7. The number of hydrogen-bond donors (Lipinski definition) is 2. The van der Waals surface area contributed by atoms with E-state index in [1.54, 1.807) is 0 Å². The van der Waals surface area contributed by atoms with Gasteiger partial charge in [0.25, 0.3) is 0 Å². The number of unbranched alkanes of at least 4 members (excludes halogenated alkanes) is 1. The molecule has 0 saturated heterocycles. The zero-order valence-corrected chi connectivity index (χ0v) is 15.6. The van der Waals surface area contributed by atoms with E-state index in [0.717, 1.165) is 47.5 Å². The Morgan fingerprint density at radius 1 is 1.04 bits per heavy atom. The monoisotopic (exact) mass is 375 g/mol. The molecule has 0 atom stereocenters. The van der Waals surface area contributed by atoms with Gasteiger partial charge < -0.3 is 0 Å². The van der Waals surface area contributed by atoms with Crippen molar-refractivity contribution in [1.29, 1.82) is 0 Å². The molecule has 142 valence electrons. The smallest absolute Gasteiger partial charge is 0.270 e. The van der Waals surface area contributed by atoms with Gasteiger partial charge >= 0.3 is 5.69 Å². The van der Waals surface area contributed by atoms with Gasteiger partial charge in [-0.15, -0.1) is 10.2 Å². The second-order valence-electron chi connectivity index (χ2n) is 6.60. The SMILES string of the molecule is CCCCn1[nH]c(=O)nc1Cc1ccc(-c2ccccc2-c2nn[nH]n2)cc1. The number of nitrogens with one attached hydrogen (secondary N) is 2. The summed E-state index contributed by atoms with van der Waals surface area (Å²) < 4.78 is 1.85. The van der Waals surface area contributed by atoms with E-state index >= 15 is 0 Å². The molecule has 2 N–H and O–H groups in total. The van der Waals surface area contributed by atoms with Crippen molar-refractivity contribution in [2.24, 2.45) is 0 Å². The lowest BCUT2D eigenvalue weighted by Crippen LogP contribution is -2.08. The molecule has 0 aliphatic carbocycles. The predicted octanol–water partition coefficient (Wildman–Crippen LogP) is 2.81. The fourth-order valence-electron chi connectivity index (χ4n) is 3.21. The van der Waals surface area contributed by atoms with Crippen molar-refractivity contribution in [1.82, 2.24) is 35.4 Å². The Hall–Kier alpha value is -3.55. The summed E-state index contributed by atoms with van der Waals surface area (Å²) in [6.45, 7) is 2.90. The molecule has 0 radical (unpaired) electrons. The van der Waals surface area contributed by atoms with Crippen LogP contribution in [-0.4, -0.2) is 35.4 Å². The average molecular weight is 375 g/mol. The van der Waals surface area contributed by atoms with Crippen molar-refractivity contribution in [2.75, 3.05) is 0 Å². The van der Waals surface area contributed by atoms with Crippen LogP contribution in [0.5, 0.6) is 0 Å². The highest BCUT2D eigenvalue weighted by molar-refractivity contribution is 5.80. The van der Waals surface area contributed by atoms with Crippen molar-refractivity contribution in [2.45, 2.75) is 32.7 Å². The highest BCUT2D eigenvalue weighted by atomic mass is 16.1. The quantitative estimate of drug-likeness (QED) is 0.517. The van der Waals surface area contributed by atoms with Crippen LogP contribution >= 0.6 is 0 Å². The molecule has 8 nitrogen and oxygen atoms in total. The largest absolute Gasteiger partial charge is 0.361 e. The molecule has 0 spiro atoms. The van der Waals surface area contributed by atoms with Gasteiger partial charge in [0.05, 0.1) is 0 Å². The Kier molecular flexibility index (Phi) is 5.09. The third-order valence-corrected chi connectivity index (χ3v) is 4.65. The summed E-state index contributed by atoms with van der Waals surface area (Å²) in [6, 6.07) is 16.2. The first-order valence-corrected chi connectivity index (χ1v) is 9.32. The van der Waals surface area contributed by atoms with Gasteiger partial charge in [0.15, 0.2) is 0 Å². The van der Waals surface area contributed by atoms with Crippen LogP contribution < -0.4 is 5.69 Å². The average Bonchev–Trinajstić information content (AvgIpc) is 3.37. The van der Waals surface area contributed by atoms with Crippen LogP contribution in [0.25, 0.3) is 22.5 Å². The van der Waals surface area contributed by atoms with E-state index in [1.165, 1.54) is 0 Å². The molecule has 0 aliphatic heterocycles. The molecule has 8 heteroatoms. The van der Waals surface area contributed by atoms with Gasteiger partial charge in [-0.25, -0.2) is 9.89 Å². The van der Waals surface area contributed by atoms with Gasteiger partial charge in [0, 0.05) is 18.5 Å². The van der Waals surface area contributed by atoms with Gasteiger partial charge in [-0.2, -0.15) is 10.2 Å². The van der Waals surface area contributed by atoms with E-state index in [4.69, 9.17) is 0 Å². The Labute approximate surface area is 161 Å². The van der Waals surface area contributed by atoms with Gasteiger partial charge in [-0.1, -0.05) is 61.9 Å². The summed E-state index contributed by atoms with van der Waals surface area (Å²) in [5.41, 5.74) is 3.82. The molecule has 0 fully saturated rings. The number of hydrogen-bond acceptors (Lipinski definition) is 5. The van der Waals surface area contributed by atoms with E-state index in [1.807, 2.05) is 28.9 Å². The van der Waals surface area contributed by atoms with Crippen LogP contribution in [0, 0.1) is 0 Å². The van der Waals surface area contributed by atoms with Crippen LogP contribution in [0.2, 0.25) is 0 Å². The number of aryl methyl sites for hydroxylation is 1. The summed E-state index contributed by atoms with van der Waals surface area (Å²) in [6.07, 6.45) is 2.68. The van der Waals surface area contributed by atoms with Crippen LogP contribution in [0.15, 0.2) is 53.3 Å². The number of benzene rings is 2. The van der Waals surface area contributed by atoms with E-state index in [0.29, 0.717) is 12.2 Å². The molecule has 2 aromatic carbocycles. The molecular weight excluding hydrogens is 354 g/mol. The van der Waals surface area contributed by atoms with E-state index in [2.05, 4.69) is 61.9 Å². The van der Waals surface area contributed by atoms with E-state index in [-0.39, 0.29) is 5.69 Å². The third-order valence-electron chi connectivity index (χ3n) is 4.65. The zero-order chi connectivity index (χ0) is 19.3. The maximum absolute atomic E-state index is 11.6. The topological polar surface area (TPSA) is 105 Å². The summed E-state index contributed by atoms with van der Waals surface area (Å²) in [7, 11) is 0. The number of aromatic nitrogens is 7. The van der Waals surface area contributed by atoms with E-state index < -0.39 is 0 Å². The van der Waals surface area contributed by atoms with Crippen molar-refractivity contribution < 1.29 is 0 Å².